The fourth-order valence-corrected chi connectivity index (χ4v) is 2.77. The molecular weight excluding hydrogens is 340 g/mol. The van der Waals surface area contributed by atoms with E-state index in [1.807, 2.05) is 32.9 Å². The van der Waals surface area contributed by atoms with E-state index < -0.39 is 0 Å². The number of ketones is 1. The number of benzene rings is 2. The van der Waals surface area contributed by atoms with Crippen LogP contribution in [0.4, 0.5) is 0 Å². The van der Waals surface area contributed by atoms with Crippen molar-refractivity contribution in [1.29, 1.82) is 0 Å². The summed E-state index contributed by atoms with van der Waals surface area (Å²) in [6.45, 7) is 9.09. The number of hydrogen-bond acceptors (Lipinski definition) is 4. The number of Topliss-reactive ketones (excluding diaryl/α,β-unsaturated/α-hetero) is 1. The molecular formula is C23H28O4. The lowest BCUT2D eigenvalue weighted by atomic mass is 10.0. The van der Waals surface area contributed by atoms with Crippen LogP contribution in [0, 0.1) is 0 Å². The molecule has 0 aliphatic heterocycles. The van der Waals surface area contributed by atoms with Crippen LogP contribution in [0.5, 0.6) is 11.5 Å². The molecule has 0 aliphatic rings. The first kappa shape index (κ1) is 20.6. The Labute approximate surface area is 161 Å². The van der Waals surface area contributed by atoms with Gasteiger partial charge in [0.15, 0.2) is 17.3 Å². The first-order chi connectivity index (χ1) is 13.1. The molecule has 0 unspecified atom stereocenters. The average molecular weight is 368 g/mol. The number of ether oxygens (including phenoxy) is 3. The molecule has 2 rings (SSSR count). The summed E-state index contributed by atoms with van der Waals surface area (Å²) >= 11 is 0. The number of allylic oxidation sites excluding steroid dienone is 1. The van der Waals surface area contributed by atoms with Crippen LogP contribution in [-0.4, -0.2) is 25.6 Å². The highest BCUT2D eigenvalue weighted by molar-refractivity contribution is 6.12. The van der Waals surface area contributed by atoms with E-state index in [1.54, 1.807) is 24.3 Å². The van der Waals surface area contributed by atoms with Gasteiger partial charge in [0, 0.05) is 0 Å². The SMILES string of the molecule is CCOC(=Cc1cccc(CC)c1)C(=O)c1cccc(OCC)c1OCC. The largest absolute Gasteiger partial charge is 0.490 e. The van der Waals surface area contributed by atoms with Crippen LogP contribution >= 0.6 is 0 Å². The maximum absolute atomic E-state index is 13.2. The molecule has 0 bridgehead atoms. The van der Waals surface area contributed by atoms with Crippen LogP contribution in [0.2, 0.25) is 0 Å². The molecule has 0 amide bonds. The summed E-state index contributed by atoms with van der Waals surface area (Å²) in [5, 5.41) is 0. The summed E-state index contributed by atoms with van der Waals surface area (Å²) in [6.07, 6.45) is 2.72. The highest BCUT2D eigenvalue weighted by atomic mass is 16.5. The van der Waals surface area contributed by atoms with E-state index in [4.69, 9.17) is 14.2 Å². The van der Waals surface area contributed by atoms with E-state index >= 15 is 0 Å². The van der Waals surface area contributed by atoms with Crippen LogP contribution in [0.15, 0.2) is 48.2 Å². The van der Waals surface area contributed by atoms with Crippen molar-refractivity contribution in [3.8, 4) is 11.5 Å². The topological polar surface area (TPSA) is 44.8 Å². The molecule has 27 heavy (non-hydrogen) atoms. The van der Waals surface area contributed by atoms with Crippen molar-refractivity contribution in [1.82, 2.24) is 0 Å². The Morgan fingerprint density at radius 2 is 1.67 bits per heavy atom. The zero-order chi connectivity index (χ0) is 19.6. The monoisotopic (exact) mass is 368 g/mol. The van der Waals surface area contributed by atoms with Gasteiger partial charge in [0.05, 0.1) is 25.4 Å². The molecule has 0 heterocycles. The second-order valence-electron chi connectivity index (χ2n) is 5.87. The molecule has 0 radical (unpaired) electrons. The molecule has 4 nitrogen and oxygen atoms in total. The lowest BCUT2D eigenvalue weighted by Gasteiger charge is -2.15. The number of rotatable bonds is 10. The Balaban J connectivity index is 2.47. The van der Waals surface area contributed by atoms with Gasteiger partial charge in [0.2, 0.25) is 5.78 Å². The van der Waals surface area contributed by atoms with Crippen molar-refractivity contribution in [3.63, 3.8) is 0 Å². The van der Waals surface area contributed by atoms with Gasteiger partial charge in [-0.2, -0.15) is 0 Å². The summed E-state index contributed by atoms with van der Waals surface area (Å²) in [4.78, 5) is 13.2. The maximum Gasteiger partial charge on any atom is 0.231 e. The van der Waals surface area contributed by atoms with Crippen LogP contribution < -0.4 is 9.47 Å². The van der Waals surface area contributed by atoms with Gasteiger partial charge < -0.3 is 14.2 Å². The van der Waals surface area contributed by atoms with Crippen LogP contribution in [0.1, 0.15) is 49.2 Å². The second-order valence-corrected chi connectivity index (χ2v) is 5.87. The van der Waals surface area contributed by atoms with E-state index in [1.165, 1.54) is 5.56 Å². The first-order valence-electron chi connectivity index (χ1n) is 9.51. The summed E-state index contributed by atoms with van der Waals surface area (Å²) < 4.78 is 17.0. The van der Waals surface area contributed by atoms with Gasteiger partial charge in [-0.1, -0.05) is 37.3 Å². The van der Waals surface area contributed by atoms with Crippen molar-refractivity contribution < 1.29 is 19.0 Å². The van der Waals surface area contributed by atoms with Gasteiger partial charge in [-0.15, -0.1) is 0 Å². The molecule has 0 aromatic heterocycles. The molecule has 0 saturated carbocycles. The molecule has 2 aromatic carbocycles. The van der Waals surface area contributed by atoms with Gasteiger partial charge in [-0.25, -0.2) is 0 Å². The zero-order valence-electron chi connectivity index (χ0n) is 16.6. The maximum atomic E-state index is 13.2. The van der Waals surface area contributed by atoms with Crippen LogP contribution in [0.3, 0.4) is 0 Å². The van der Waals surface area contributed by atoms with Crippen LogP contribution in [-0.2, 0) is 11.2 Å². The summed E-state index contributed by atoms with van der Waals surface area (Å²) in [5.74, 6) is 1.10. The Hall–Kier alpha value is -2.75. The van der Waals surface area contributed by atoms with Crippen molar-refractivity contribution in [2.75, 3.05) is 19.8 Å². The lowest BCUT2D eigenvalue weighted by Crippen LogP contribution is -2.11. The number of carbonyl (C=O) groups is 1. The molecule has 0 fully saturated rings. The minimum Gasteiger partial charge on any atom is -0.490 e. The molecule has 4 heteroatoms. The summed E-state index contributed by atoms with van der Waals surface area (Å²) in [6, 6.07) is 13.4. The van der Waals surface area contributed by atoms with Crippen molar-refractivity contribution in [3.05, 3.63) is 64.9 Å². The molecule has 0 atom stereocenters. The third-order valence-electron chi connectivity index (χ3n) is 3.99. The molecule has 144 valence electrons. The molecule has 2 aromatic rings. The average Bonchev–Trinajstić information content (AvgIpc) is 2.69. The quantitative estimate of drug-likeness (QED) is 0.324. The van der Waals surface area contributed by atoms with Gasteiger partial charge in [-0.3, -0.25) is 4.79 Å². The molecule has 0 aliphatic carbocycles. The highest BCUT2D eigenvalue weighted by Gasteiger charge is 2.21. The predicted molar refractivity (Wildman–Crippen MR) is 109 cm³/mol. The Bertz CT molecular complexity index is 793. The van der Waals surface area contributed by atoms with Gasteiger partial charge >= 0.3 is 0 Å². The second kappa shape index (κ2) is 10.4. The van der Waals surface area contributed by atoms with Crippen molar-refractivity contribution >= 4 is 11.9 Å². The highest BCUT2D eigenvalue weighted by Crippen LogP contribution is 2.33. The smallest absolute Gasteiger partial charge is 0.231 e. The van der Waals surface area contributed by atoms with Crippen LogP contribution in [0.25, 0.3) is 6.08 Å². The lowest BCUT2D eigenvalue weighted by molar-refractivity contribution is 0.0927. The van der Waals surface area contributed by atoms with E-state index in [-0.39, 0.29) is 5.78 Å². The number of para-hydroxylation sites is 1. The normalized spacial score (nSPS) is 11.2. The van der Waals surface area contributed by atoms with Crippen molar-refractivity contribution in [2.45, 2.75) is 34.1 Å². The van der Waals surface area contributed by atoms with E-state index in [0.29, 0.717) is 42.6 Å². The standard InChI is InChI=1S/C23H28O4/c1-5-17-11-9-12-18(15-17)16-21(26-7-3)22(24)19-13-10-14-20(25-6-2)23(19)27-8-4/h9-16H,5-8H2,1-4H3. The van der Waals surface area contributed by atoms with E-state index in [0.717, 1.165) is 12.0 Å². The minimum atomic E-state index is -0.219. The van der Waals surface area contributed by atoms with Crippen molar-refractivity contribution in [2.24, 2.45) is 0 Å². The first-order valence-corrected chi connectivity index (χ1v) is 9.51. The predicted octanol–water partition coefficient (Wildman–Crippen LogP) is 5.31. The van der Waals surface area contributed by atoms with Gasteiger partial charge in [0.1, 0.15) is 0 Å². The van der Waals surface area contributed by atoms with Gasteiger partial charge in [0.25, 0.3) is 0 Å². The number of hydrogen-bond donors (Lipinski definition) is 0. The number of carbonyl (C=O) groups excluding carboxylic acids is 1. The minimum absolute atomic E-state index is 0.219. The Kier molecular flexibility index (Phi) is 7.93. The van der Waals surface area contributed by atoms with Gasteiger partial charge in [-0.05, 0) is 56.5 Å². The molecule has 0 spiro atoms. The third-order valence-corrected chi connectivity index (χ3v) is 3.99. The number of aryl methyl sites for hydroxylation is 1. The fraction of sp³-hybridized carbons (Fsp3) is 0.348. The Morgan fingerprint density at radius 1 is 0.926 bits per heavy atom. The summed E-state index contributed by atoms with van der Waals surface area (Å²) in [7, 11) is 0. The van der Waals surface area contributed by atoms with E-state index in [2.05, 4.69) is 19.1 Å². The van der Waals surface area contributed by atoms with E-state index in [9.17, 15) is 4.79 Å². The molecule has 0 N–H and O–H groups in total. The third kappa shape index (κ3) is 5.36. The fourth-order valence-electron chi connectivity index (χ4n) is 2.77. The summed E-state index contributed by atoms with van der Waals surface area (Å²) in [5.41, 5.74) is 2.58. The zero-order valence-corrected chi connectivity index (χ0v) is 16.6. The molecule has 0 saturated heterocycles. The Morgan fingerprint density at radius 3 is 2.33 bits per heavy atom.